The lowest BCUT2D eigenvalue weighted by Gasteiger charge is -2.07. The van der Waals surface area contributed by atoms with E-state index in [1.165, 1.54) is 16.8 Å². The van der Waals surface area contributed by atoms with Gasteiger partial charge in [0.2, 0.25) is 0 Å². The molecule has 0 amide bonds. The van der Waals surface area contributed by atoms with Crippen LogP contribution in [0.1, 0.15) is 16.8 Å². The third-order valence-electron chi connectivity index (χ3n) is 2.93. The summed E-state index contributed by atoms with van der Waals surface area (Å²) in [4.78, 5) is 4.09. The van der Waals surface area contributed by atoms with Crippen molar-refractivity contribution in [3.05, 3.63) is 47.5 Å². The molecule has 0 fully saturated rings. The van der Waals surface area contributed by atoms with Crippen LogP contribution in [0.5, 0.6) is 0 Å². The van der Waals surface area contributed by atoms with Crippen LogP contribution in [0.3, 0.4) is 0 Å². The first-order chi connectivity index (χ1) is 8.27. The third kappa shape index (κ3) is 3.14. The molecule has 0 aliphatic rings. The van der Waals surface area contributed by atoms with Gasteiger partial charge in [0.25, 0.3) is 0 Å². The number of rotatable bonds is 5. The molecule has 2 aromatic rings. The monoisotopic (exact) mass is 230 g/mol. The predicted octanol–water partition coefficient (Wildman–Crippen LogP) is 1.46. The molecule has 0 unspecified atom stereocenters. The average Bonchev–Trinajstić information content (AvgIpc) is 2.73. The lowest BCUT2D eigenvalue weighted by Crippen LogP contribution is -2.18. The quantitative estimate of drug-likeness (QED) is 0.791. The van der Waals surface area contributed by atoms with Crippen molar-refractivity contribution in [1.29, 1.82) is 0 Å². The Morgan fingerprint density at radius 2 is 2.18 bits per heavy atom. The summed E-state index contributed by atoms with van der Waals surface area (Å²) in [5, 5.41) is 7.59. The Morgan fingerprint density at radius 3 is 2.88 bits per heavy atom. The Morgan fingerprint density at radius 1 is 1.29 bits per heavy atom. The van der Waals surface area contributed by atoms with Gasteiger partial charge in [-0.05, 0) is 30.2 Å². The topological polar surface area (TPSA) is 42.7 Å². The molecular formula is C13H18N4. The Balaban J connectivity index is 1.77. The Labute approximate surface area is 102 Å². The molecule has 0 radical (unpaired) electrons. The molecule has 1 N–H and O–H groups in total. The molecule has 0 aliphatic carbocycles. The Bertz CT molecular complexity index is 476. The average molecular weight is 230 g/mol. The van der Waals surface area contributed by atoms with Gasteiger partial charge in [-0.1, -0.05) is 0 Å². The molecule has 2 rings (SSSR count). The number of hydrogen-bond acceptors (Lipinski definition) is 3. The van der Waals surface area contributed by atoms with Crippen molar-refractivity contribution in [3.8, 4) is 0 Å². The maximum absolute atomic E-state index is 4.15. The molecule has 0 aliphatic heterocycles. The molecule has 2 aromatic heterocycles. The van der Waals surface area contributed by atoms with E-state index in [4.69, 9.17) is 0 Å². The van der Waals surface area contributed by atoms with E-state index in [1.54, 1.807) is 0 Å². The van der Waals surface area contributed by atoms with Gasteiger partial charge < -0.3 is 5.32 Å². The molecule has 0 spiro atoms. The maximum atomic E-state index is 4.15. The minimum atomic E-state index is 0.895. The van der Waals surface area contributed by atoms with E-state index in [9.17, 15) is 0 Å². The van der Waals surface area contributed by atoms with Gasteiger partial charge in [0.05, 0.1) is 0 Å². The fraction of sp³-hybridized carbons (Fsp3) is 0.385. The standard InChI is InChI=1S/C13H18N4/c1-11-9-14-6-3-12(11)10-15-7-4-13-5-8-16-17(13)2/h3,5-6,8-9,15H,4,7,10H2,1-2H3. The van der Waals surface area contributed by atoms with Crippen LogP contribution in [0.4, 0.5) is 0 Å². The van der Waals surface area contributed by atoms with Crippen LogP contribution in [-0.4, -0.2) is 21.3 Å². The van der Waals surface area contributed by atoms with E-state index in [0.717, 1.165) is 19.5 Å². The van der Waals surface area contributed by atoms with Crippen LogP contribution < -0.4 is 5.32 Å². The first-order valence-corrected chi connectivity index (χ1v) is 5.84. The van der Waals surface area contributed by atoms with Gasteiger partial charge in [-0.3, -0.25) is 9.67 Å². The molecule has 0 bridgehead atoms. The van der Waals surface area contributed by atoms with E-state index >= 15 is 0 Å². The highest BCUT2D eigenvalue weighted by atomic mass is 15.3. The van der Waals surface area contributed by atoms with Gasteiger partial charge in [-0.15, -0.1) is 0 Å². The highest BCUT2D eigenvalue weighted by molar-refractivity contribution is 5.21. The van der Waals surface area contributed by atoms with Gasteiger partial charge >= 0.3 is 0 Å². The van der Waals surface area contributed by atoms with Crippen LogP contribution in [0.25, 0.3) is 0 Å². The fourth-order valence-electron chi connectivity index (χ4n) is 1.79. The van der Waals surface area contributed by atoms with Crippen molar-refractivity contribution < 1.29 is 0 Å². The number of aryl methyl sites for hydroxylation is 2. The molecule has 0 saturated carbocycles. The highest BCUT2D eigenvalue weighted by Gasteiger charge is 1.99. The van der Waals surface area contributed by atoms with E-state index < -0.39 is 0 Å². The van der Waals surface area contributed by atoms with Gasteiger partial charge in [-0.2, -0.15) is 5.10 Å². The summed E-state index contributed by atoms with van der Waals surface area (Å²) in [6.45, 7) is 3.94. The lowest BCUT2D eigenvalue weighted by atomic mass is 10.1. The normalized spacial score (nSPS) is 10.7. The largest absolute Gasteiger partial charge is 0.312 e. The fourth-order valence-corrected chi connectivity index (χ4v) is 1.79. The van der Waals surface area contributed by atoms with Crippen LogP contribution in [0, 0.1) is 6.92 Å². The molecule has 17 heavy (non-hydrogen) atoms. The number of pyridine rings is 1. The number of nitrogens with one attached hydrogen (secondary N) is 1. The molecule has 0 atom stereocenters. The summed E-state index contributed by atoms with van der Waals surface area (Å²) in [6, 6.07) is 4.12. The molecule has 4 nitrogen and oxygen atoms in total. The van der Waals surface area contributed by atoms with Crippen molar-refractivity contribution in [2.75, 3.05) is 6.54 Å². The van der Waals surface area contributed by atoms with E-state index in [0.29, 0.717) is 0 Å². The van der Waals surface area contributed by atoms with Gasteiger partial charge in [-0.25, -0.2) is 0 Å². The van der Waals surface area contributed by atoms with Gasteiger partial charge in [0.15, 0.2) is 0 Å². The molecule has 2 heterocycles. The SMILES string of the molecule is Cc1cnccc1CNCCc1ccnn1C. The van der Waals surface area contributed by atoms with Crippen molar-refractivity contribution in [3.63, 3.8) is 0 Å². The number of aromatic nitrogens is 3. The summed E-state index contributed by atoms with van der Waals surface area (Å²) in [6.07, 6.45) is 6.58. The first-order valence-electron chi connectivity index (χ1n) is 5.84. The first kappa shape index (κ1) is 11.8. The lowest BCUT2D eigenvalue weighted by molar-refractivity contribution is 0.641. The van der Waals surface area contributed by atoms with Crippen molar-refractivity contribution in [2.45, 2.75) is 19.9 Å². The third-order valence-corrected chi connectivity index (χ3v) is 2.93. The van der Waals surface area contributed by atoms with Crippen molar-refractivity contribution in [1.82, 2.24) is 20.1 Å². The van der Waals surface area contributed by atoms with Crippen molar-refractivity contribution in [2.24, 2.45) is 7.05 Å². The van der Waals surface area contributed by atoms with Crippen LogP contribution in [0.2, 0.25) is 0 Å². The molecular weight excluding hydrogens is 212 g/mol. The summed E-state index contributed by atoms with van der Waals surface area (Å²) in [5.41, 5.74) is 3.80. The number of hydrogen-bond donors (Lipinski definition) is 1. The summed E-state index contributed by atoms with van der Waals surface area (Å²) < 4.78 is 1.92. The van der Waals surface area contributed by atoms with E-state index in [2.05, 4.69) is 34.5 Å². The Kier molecular flexibility index (Phi) is 3.88. The highest BCUT2D eigenvalue weighted by Crippen LogP contribution is 2.04. The molecule has 90 valence electrons. The van der Waals surface area contributed by atoms with Crippen molar-refractivity contribution >= 4 is 0 Å². The van der Waals surface area contributed by atoms with Crippen LogP contribution in [0.15, 0.2) is 30.7 Å². The summed E-state index contributed by atoms with van der Waals surface area (Å²) in [5.74, 6) is 0. The van der Waals surface area contributed by atoms with E-state index in [-0.39, 0.29) is 0 Å². The molecule has 0 saturated heterocycles. The molecule has 4 heteroatoms. The number of nitrogens with zero attached hydrogens (tertiary/aromatic N) is 3. The van der Waals surface area contributed by atoms with Crippen LogP contribution >= 0.6 is 0 Å². The minimum Gasteiger partial charge on any atom is -0.312 e. The zero-order valence-corrected chi connectivity index (χ0v) is 10.3. The zero-order valence-electron chi connectivity index (χ0n) is 10.3. The minimum absolute atomic E-state index is 0.895. The summed E-state index contributed by atoms with van der Waals surface area (Å²) in [7, 11) is 1.97. The zero-order chi connectivity index (χ0) is 12.1. The Hall–Kier alpha value is -1.68. The molecule has 0 aromatic carbocycles. The second-order valence-electron chi connectivity index (χ2n) is 4.18. The predicted molar refractivity (Wildman–Crippen MR) is 67.6 cm³/mol. The summed E-state index contributed by atoms with van der Waals surface area (Å²) >= 11 is 0. The maximum Gasteiger partial charge on any atom is 0.0492 e. The second-order valence-corrected chi connectivity index (χ2v) is 4.18. The van der Waals surface area contributed by atoms with Gasteiger partial charge in [0.1, 0.15) is 0 Å². The smallest absolute Gasteiger partial charge is 0.0492 e. The second kappa shape index (κ2) is 5.59. The van der Waals surface area contributed by atoms with Gasteiger partial charge in [0, 0.05) is 50.8 Å². The van der Waals surface area contributed by atoms with Crippen LogP contribution in [-0.2, 0) is 20.0 Å². The van der Waals surface area contributed by atoms with E-state index in [1.807, 2.05) is 30.3 Å².